The van der Waals surface area contributed by atoms with Crippen molar-refractivity contribution in [2.45, 2.75) is 13.3 Å². The van der Waals surface area contributed by atoms with Gasteiger partial charge in [-0.05, 0) is 42.8 Å². The Balaban J connectivity index is 1.51. The molecule has 2 aromatic carbocycles. The average Bonchev–Trinajstić information content (AvgIpc) is 3.08. The van der Waals surface area contributed by atoms with E-state index in [0.717, 1.165) is 16.3 Å². The molecule has 8 heteroatoms. The number of carboxylic acid groups (broad SMARTS) is 1. The van der Waals surface area contributed by atoms with E-state index in [-0.39, 0.29) is 18.0 Å². The summed E-state index contributed by atoms with van der Waals surface area (Å²) < 4.78 is 0. The van der Waals surface area contributed by atoms with Crippen LogP contribution in [-0.4, -0.2) is 53.0 Å². The first-order valence-electron chi connectivity index (χ1n) is 9.66. The standard InChI is InChI=1S/C22H21Cl2N3O3/c1-13-17(24)3-2-4-19(13)26-7-9-27(10-8-26)20(28)12-16-15-11-14(23)5-6-18(15)25-21(16)22(29)30/h2-6,11,25H,7-10,12H2,1H3,(H,29,30). The number of nitrogens with one attached hydrogen (secondary N) is 1. The van der Waals surface area contributed by atoms with Crippen molar-refractivity contribution in [2.75, 3.05) is 31.1 Å². The number of hydrogen-bond acceptors (Lipinski definition) is 3. The van der Waals surface area contributed by atoms with E-state index < -0.39 is 5.97 Å². The van der Waals surface area contributed by atoms with E-state index in [1.54, 1.807) is 23.1 Å². The van der Waals surface area contributed by atoms with Crippen molar-refractivity contribution in [1.29, 1.82) is 0 Å². The predicted octanol–water partition coefficient (Wildman–Crippen LogP) is 4.37. The van der Waals surface area contributed by atoms with Crippen molar-refractivity contribution in [3.8, 4) is 0 Å². The zero-order valence-corrected chi connectivity index (χ0v) is 17.9. The quantitative estimate of drug-likeness (QED) is 0.624. The molecule has 4 rings (SSSR count). The second kappa shape index (κ2) is 8.20. The van der Waals surface area contributed by atoms with Crippen LogP contribution in [0.5, 0.6) is 0 Å². The summed E-state index contributed by atoms with van der Waals surface area (Å²) in [6.07, 6.45) is 0.0121. The summed E-state index contributed by atoms with van der Waals surface area (Å²) in [6, 6.07) is 10.9. The van der Waals surface area contributed by atoms with Crippen molar-refractivity contribution in [2.24, 2.45) is 0 Å². The third-order valence-electron chi connectivity index (χ3n) is 5.62. The molecule has 2 N–H and O–H groups in total. The largest absolute Gasteiger partial charge is 0.477 e. The highest BCUT2D eigenvalue weighted by molar-refractivity contribution is 6.32. The minimum atomic E-state index is -1.09. The highest BCUT2D eigenvalue weighted by Crippen LogP contribution is 2.29. The van der Waals surface area contributed by atoms with Gasteiger partial charge in [-0.1, -0.05) is 29.3 Å². The average molecular weight is 446 g/mol. The molecule has 0 radical (unpaired) electrons. The first-order chi connectivity index (χ1) is 14.3. The number of hydrogen-bond donors (Lipinski definition) is 2. The van der Waals surface area contributed by atoms with Crippen molar-refractivity contribution in [1.82, 2.24) is 9.88 Å². The molecular weight excluding hydrogens is 425 g/mol. The van der Waals surface area contributed by atoms with Gasteiger partial charge in [0, 0.05) is 58.4 Å². The smallest absolute Gasteiger partial charge is 0.352 e. The Kier molecular flexibility index (Phi) is 5.62. The molecule has 1 fully saturated rings. The predicted molar refractivity (Wildman–Crippen MR) is 119 cm³/mol. The second-order valence-corrected chi connectivity index (χ2v) is 8.25. The fraction of sp³-hybridized carbons (Fsp3) is 0.273. The maximum atomic E-state index is 13.0. The molecule has 0 aliphatic carbocycles. The molecule has 1 aliphatic heterocycles. The topological polar surface area (TPSA) is 76.6 Å². The molecule has 3 aromatic rings. The molecule has 6 nitrogen and oxygen atoms in total. The molecule has 0 bridgehead atoms. The number of carboxylic acids is 1. The van der Waals surface area contributed by atoms with Crippen molar-refractivity contribution in [3.63, 3.8) is 0 Å². The molecule has 1 saturated heterocycles. The van der Waals surface area contributed by atoms with E-state index in [9.17, 15) is 14.7 Å². The van der Waals surface area contributed by atoms with E-state index in [4.69, 9.17) is 23.2 Å². The van der Waals surface area contributed by atoms with Gasteiger partial charge in [0.05, 0.1) is 6.42 Å². The highest BCUT2D eigenvalue weighted by Gasteiger charge is 2.26. The number of halogens is 2. The van der Waals surface area contributed by atoms with Gasteiger partial charge in [0.1, 0.15) is 5.69 Å². The van der Waals surface area contributed by atoms with Crippen LogP contribution in [0.1, 0.15) is 21.6 Å². The zero-order chi connectivity index (χ0) is 21.4. The first-order valence-corrected chi connectivity index (χ1v) is 10.4. The van der Waals surface area contributed by atoms with E-state index >= 15 is 0 Å². The van der Waals surface area contributed by atoms with Crippen molar-refractivity contribution < 1.29 is 14.7 Å². The molecule has 1 amide bonds. The van der Waals surface area contributed by atoms with Crippen molar-refractivity contribution in [3.05, 3.63) is 63.3 Å². The van der Waals surface area contributed by atoms with Crippen LogP contribution in [-0.2, 0) is 11.2 Å². The van der Waals surface area contributed by atoms with Crippen LogP contribution in [0.2, 0.25) is 10.0 Å². The third kappa shape index (κ3) is 3.85. The Morgan fingerprint density at radius 2 is 1.83 bits per heavy atom. The van der Waals surface area contributed by atoms with E-state index in [1.165, 1.54) is 0 Å². The number of carbonyl (C=O) groups excluding carboxylic acids is 1. The molecule has 0 atom stereocenters. The fourth-order valence-electron chi connectivity index (χ4n) is 3.98. The SMILES string of the molecule is Cc1c(Cl)cccc1N1CCN(C(=O)Cc2c(C(=O)O)[nH]c3ccc(Cl)cc23)CC1. The number of rotatable bonds is 4. The number of aromatic nitrogens is 1. The lowest BCUT2D eigenvalue weighted by Gasteiger charge is -2.37. The Morgan fingerprint density at radius 1 is 1.10 bits per heavy atom. The van der Waals surface area contributed by atoms with Crippen LogP contribution in [0.3, 0.4) is 0 Å². The van der Waals surface area contributed by atoms with Crippen LogP contribution >= 0.6 is 23.2 Å². The van der Waals surface area contributed by atoms with Crippen LogP contribution in [0.4, 0.5) is 5.69 Å². The van der Waals surface area contributed by atoms with Crippen LogP contribution < -0.4 is 4.90 Å². The number of fused-ring (bicyclic) bond motifs is 1. The van der Waals surface area contributed by atoms with Gasteiger partial charge >= 0.3 is 5.97 Å². The summed E-state index contributed by atoms with van der Waals surface area (Å²) in [5.41, 5.74) is 3.27. The lowest BCUT2D eigenvalue weighted by molar-refractivity contribution is -0.130. The van der Waals surface area contributed by atoms with E-state index in [1.807, 2.05) is 25.1 Å². The molecule has 0 saturated carbocycles. The van der Waals surface area contributed by atoms with Crippen LogP contribution in [0, 0.1) is 6.92 Å². The molecule has 30 heavy (non-hydrogen) atoms. The van der Waals surface area contributed by atoms with Gasteiger partial charge in [0.2, 0.25) is 5.91 Å². The number of aromatic carboxylic acids is 1. The zero-order valence-electron chi connectivity index (χ0n) is 16.4. The monoisotopic (exact) mass is 445 g/mol. The van der Waals surface area contributed by atoms with Crippen LogP contribution in [0.25, 0.3) is 10.9 Å². The number of nitrogens with zero attached hydrogens (tertiary/aromatic N) is 2. The molecule has 1 aliphatic rings. The summed E-state index contributed by atoms with van der Waals surface area (Å²) in [7, 11) is 0. The number of aromatic amines is 1. The summed E-state index contributed by atoms with van der Waals surface area (Å²) in [5, 5.41) is 11.5. The molecular formula is C22H21Cl2N3O3. The van der Waals surface area contributed by atoms with Crippen LogP contribution in [0.15, 0.2) is 36.4 Å². The van der Waals surface area contributed by atoms with Gasteiger partial charge in [-0.25, -0.2) is 4.79 Å². The molecule has 0 spiro atoms. The van der Waals surface area contributed by atoms with Gasteiger partial charge in [-0.2, -0.15) is 0 Å². The molecule has 1 aromatic heterocycles. The summed E-state index contributed by atoms with van der Waals surface area (Å²) in [5.74, 6) is -1.19. The maximum Gasteiger partial charge on any atom is 0.352 e. The second-order valence-electron chi connectivity index (χ2n) is 7.40. The maximum absolute atomic E-state index is 13.0. The third-order valence-corrected chi connectivity index (χ3v) is 6.27. The number of carbonyl (C=O) groups is 2. The minimum absolute atomic E-state index is 0.0121. The van der Waals surface area contributed by atoms with Gasteiger partial charge in [0.15, 0.2) is 0 Å². The van der Waals surface area contributed by atoms with E-state index in [2.05, 4.69) is 9.88 Å². The molecule has 156 valence electrons. The lowest BCUT2D eigenvalue weighted by atomic mass is 10.1. The molecule has 0 unspecified atom stereocenters. The van der Waals surface area contributed by atoms with Gasteiger partial charge in [-0.3, -0.25) is 4.79 Å². The van der Waals surface area contributed by atoms with Gasteiger partial charge in [-0.15, -0.1) is 0 Å². The Morgan fingerprint density at radius 3 is 2.53 bits per heavy atom. The summed E-state index contributed by atoms with van der Waals surface area (Å²) >= 11 is 12.3. The Hall–Kier alpha value is -2.70. The Bertz CT molecular complexity index is 1130. The van der Waals surface area contributed by atoms with Gasteiger partial charge in [0.25, 0.3) is 0 Å². The Labute approximate surface area is 184 Å². The number of amides is 1. The first kappa shape index (κ1) is 20.6. The minimum Gasteiger partial charge on any atom is -0.477 e. The number of anilines is 1. The summed E-state index contributed by atoms with van der Waals surface area (Å²) in [4.78, 5) is 31.6. The number of benzene rings is 2. The number of H-pyrrole nitrogens is 1. The van der Waals surface area contributed by atoms with Gasteiger partial charge < -0.3 is 19.9 Å². The number of piperazine rings is 1. The summed E-state index contributed by atoms with van der Waals surface area (Å²) in [6.45, 7) is 4.51. The molecule has 2 heterocycles. The van der Waals surface area contributed by atoms with Crippen molar-refractivity contribution >= 4 is 51.7 Å². The fourth-order valence-corrected chi connectivity index (χ4v) is 4.33. The normalized spacial score (nSPS) is 14.4. The van der Waals surface area contributed by atoms with E-state index in [0.29, 0.717) is 47.7 Å². The lowest BCUT2D eigenvalue weighted by Crippen LogP contribution is -2.49. The highest BCUT2D eigenvalue weighted by atomic mass is 35.5.